The van der Waals surface area contributed by atoms with Gasteiger partial charge in [-0.1, -0.05) is 6.07 Å². The molecule has 10 nitrogen and oxygen atoms in total. The Morgan fingerprint density at radius 1 is 1.13 bits per heavy atom. The number of nitrogens with zero attached hydrogens (tertiary/aromatic N) is 8. The molecule has 0 fully saturated rings. The molecule has 6 aromatic heterocycles. The Labute approximate surface area is 218 Å². The number of aromatic nitrogens is 8. The highest BCUT2D eigenvalue weighted by molar-refractivity contribution is 6.01. The fraction of sp³-hybridized carbons (Fsp3) is 0.192. The van der Waals surface area contributed by atoms with Crippen molar-refractivity contribution in [3.8, 4) is 11.3 Å². The molecule has 0 aromatic carbocycles. The molecule has 0 radical (unpaired) electrons. The van der Waals surface area contributed by atoms with E-state index in [1.54, 1.807) is 32.4 Å². The Morgan fingerprint density at radius 2 is 2.00 bits per heavy atom. The zero-order chi connectivity index (χ0) is 26.9. The fourth-order valence-electron chi connectivity index (χ4n) is 5.20. The van der Waals surface area contributed by atoms with Crippen molar-refractivity contribution in [2.75, 3.05) is 6.54 Å². The average Bonchev–Trinajstić information content (AvgIpc) is 3.71. The lowest BCUT2D eigenvalue weighted by molar-refractivity contribution is -0.142. The maximum atomic E-state index is 14.0. The number of aromatic amines is 1. The van der Waals surface area contributed by atoms with Crippen molar-refractivity contribution < 1.29 is 18.0 Å². The molecule has 196 valence electrons. The summed E-state index contributed by atoms with van der Waals surface area (Å²) in [4.78, 5) is 23.1. The molecule has 1 aliphatic rings. The van der Waals surface area contributed by atoms with Gasteiger partial charge in [0.15, 0.2) is 0 Å². The molecular weight excluding hydrogens is 511 g/mol. The van der Waals surface area contributed by atoms with Crippen LogP contribution in [-0.2, 0) is 19.6 Å². The van der Waals surface area contributed by atoms with Crippen LogP contribution in [0.15, 0.2) is 67.4 Å². The van der Waals surface area contributed by atoms with E-state index >= 15 is 0 Å². The molecule has 7 heterocycles. The van der Waals surface area contributed by atoms with Gasteiger partial charge >= 0.3 is 6.18 Å². The molecule has 0 aliphatic carbocycles. The highest BCUT2D eigenvalue weighted by Crippen LogP contribution is 2.36. The van der Waals surface area contributed by atoms with E-state index < -0.39 is 17.9 Å². The van der Waals surface area contributed by atoms with Gasteiger partial charge in [0.2, 0.25) is 0 Å². The van der Waals surface area contributed by atoms with Crippen molar-refractivity contribution in [1.29, 1.82) is 0 Å². The molecule has 6 aromatic rings. The van der Waals surface area contributed by atoms with Gasteiger partial charge in [-0.2, -0.15) is 28.5 Å². The predicted octanol–water partition coefficient (Wildman–Crippen LogP) is 3.91. The summed E-state index contributed by atoms with van der Waals surface area (Å²) >= 11 is 0. The number of rotatable bonds is 3. The molecule has 1 amide bonds. The smallest absolute Gasteiger partial charge is 0.348 e. The fourth-order valence-corrected chi connectivity index (χ4v) is 5.20. The Morgan fingerprint density at radius 3 is 2.79 bits per heavy atom. The van der Waals surface area contributed by atoms with E-state index in [1.807, 2.05) is 31.4 Å². The molecule has 0 saturated carbocycles. The number of carbonyl (C=O) groups is 1. The Hall–Kier alpha value is -4.94. The van der Waals surface area contributed by atoms with Crippen LogP contribution in [0.1, 0.15) is 39.2 Å². The van der Waals surface area contributed by atoms with Crippen LogP contribution in [-0.4, -0.2) is 56.3 Å². The second kappa shape index (κ2) is 8.28. The summed E-state index contributed by atoms with van der Waals surface area (Å²) in [5.74, 6) is -0.317. The summed E-state index contributed by atoms with van der Waals surface area (Å²) in [6, 6.07) is 10.2. The number of H-pyrrole nitrogens is 1. The van der Waals surface area contributed by atoms with Crippen LogP contribution < -0.4 is 0 Å². The van der Waals surface area contributed by atoms with Crippen LogP contribution in [0, 0.1) is 0 Å². The number of carbonyl (C=O) groups excluding carboxylic acids is 1. The van der Waals surface area contributed by atoms with Gasteiger partial charge in [0, 0.05) is 43.7 Å². The highest BCUT2D eigenvalue weighted by atomic mass is 19.4. The lowest BCUT2D eigenvalue weighted by Crippen LogP contribution is -2.41. The third-order valence-corrected chi connectivity index (χ3v) is 7.02. The maximum Gasteiger partial charge on any atom is 0.433 e. The first-order valence-corrected chi connectivity index (χ1v) is 12.1. The molecule has 0 unspecified atom stereocenters. The number of imidazole rings is 1. The van der Waals surface area contributed by atoms with Gasteiger partial charge in [-0.05, 0) is 36.4 Å². The van der Waals surface area contributed by atoms with Crippen molar-refractivity contribution in [3.05, 3.63) is 95.7 Å². The zero-order valence-electron chi connectivity index (χ0n) is 20.5. The maximum absolute atomic E-state index is 14.0. The summed E-state index contributed by atoms with van der Waals surface area (Å²) < 4.78 is 45.2. The van der Waals surface area contributed by atoms with Crippen LogP contribution in [0.4, 0.5) is 13.2 Å². The minimum atomic E-state index is -4.59. The van der Waals surface area contributed by atoms with Crippen molar-refractivity contribution >= 4 is 16.9 Å². The van der Waals surface area contributed by atoms with Crippen molar-refractivity contribution in [3.63, 3.8) is 0 Å². The van der Waals surface area contributed by atoms with Crippen LogP contribution >= 0.6 is 0 Å². The SMILES string of the molecule is Cn1ccc(-c2ccc3c(C(=O)N4CCc5[nH]cnc5[C@H]4c4cc5cccc(C(F)(F)F)n5n4)cnn3c2)n1. The molecule has 13 heteroatoms. The Kier molecular flexibility index (Phi) is 4.93. The summed E-state index contributed by atoms with van der Waals surface area (Å²) in [6.07, 6.45) is 2.60. The van der Waals surface area contributed by atoms with Gasteiger partial charge in [-0.15, -0.1) is 0 Å². The normalized spacial score (nSPS) is 15.8. The first-order valence-electron chi connectivity index (χ1n) is 12.1. The number of hydrogen-bond acceptors (Lipinski definition) is 5. The van der Waals surface area contributed by atoms with Crippen molar-refractivity contribution in [2.45, 2.75) is 18.6 Å². The number of halogens is 3. The quantitative estimate of drug-likeness (QED) is 0.373. The highest BCUT2D eigenvalue weighted by Gasteiger charge is 2.39. The topological polar surface area (TPSA) is 101 Å². The van der Waals surface area contributed by atoms with Crippen LogP contribution in [0.5, 0.6) is 0 Å². The van der Waals surface area contributed by atoms with Gasteiger partial charge in [0.1, 0.15) is 11.7 Å². The molecule has 0 spiro atoms. The number of aryl methyl sites for hydroxylation is 1. The molecule has 1 atom stereocenters. The van der Waals surface area contributed by atoms with Gasteiger partial charge in [0.25, 0.3) is 5.91 Å². The minimum Gasteiger partial charge on any atom is -0.348 e. The lowest BCUT2D eigenvalue weighted by Gasteiger charge is -2.33. The number of hydrogen-bond donors (Lipinski definition) is 1. The Balaban J connectivity index is 1.31. The minimum absolute atomic E-state index is 0.271. The second-order valence-electron chi connectivity index (χ2n) is 9.41. The van der Waals surface area contributed by atoms with Gasteiger partial charge in [-0.25, -0.2) is 14.0 Å². The van der Waals surface area contributed by atoms with Crippen LogP contribution in [0.2, 0.25) is 0 Å². The van der Waals surface area contributed by atoms with E-state index in [2.05, 4.69) is 25.3 Å². The third kappa shape index (κ3) is 3.68. The summed E-state index contributed by atoms with van der Waals surface area (Å²) in [7, 11) is 1.83. The third-order valence-electron chi connectivity index (χ3n) is 7.02. The number of amides is 1. The predicted molar refractivity (Wildman–Crippen MR) is 133 cm³/mol. The van der Waals surface area contributed by atoms with E-state index in [4.69, 9.17) is 0 Å². The van der Waals surface area contributed by atoms with Crippen LogP contribution in [0.25, 0.3) is 22.3 Å². The summed E-state index contributed by atoms with van der Waals surface area (Å²) in [6.45, 7) is 0.321. The molecule has 1 N–H and O–H groups in total. The molecule has 1 aliphatic heterocycles. The zero-order valence-corrected chi connectivity index (χ0v) is 20.5. The largest absolute Gasteiger partial charge is 0.433 e. The van der Waals surface area contributed by atoms with Crippen LogP contribution in [0.3, 0.4) is 0 Å². The number of nitrogens with one attached hydrogen (secondary N) is 1. The first-order chi connectivity index (χ1) is 18.8. The summed E-state index contributed by atoms with van der Waals surface area (Å²) in [5, 5.41) is 13.1. The van der Waals surface area contributed by atoms with Gasteiger partial charge in [-0.3, -0.25) is 9.48 Å². The van der Waals surface area contributed by atoms with E-state index in [0.717, 1.165) is 27.5 Å². The van der Waals surface area contributed by atoms with E-state index in [-0.39, 0.29) is 11.4 Å². The summed E-state index contributed by atoms with van der Waals surface area (Å²) in [5.41, 5.74) is 3.62. The average molecular weight is 532 g/mol. The van der Waals surface area contributed by atoms with Crippen molar-refractivity contribution in [1.82, 2.24) is 43.9 Å². The molecule has 0 saturated heterocycles. The van der Waals surface area contributed by atoms with Crippen molar-refractivity contribution in [2.24, 2.45) is 7.05 Å². The number of fused-ring (bicyclic) bond motifs is 3. The molecule has 39 heavy (non-hydrogen) atoms. The van der Waals surface area contributed by atoms with E-state index in [0.29, 0.717) is 35.4 Å². The Bertz CT molecular complexity index is 1880. The van der Waals surface area contributed by atoms with E-state index in [1.165, 1.54) is 18.6 Å². The molecule has 7 rings (SSSR count). The van der Waals surface area contributed by atoms with E-state index in [9.17, 15) is 18.0 Å². The monoisotopic (exact) mass is 531 g/mol. The molecular formula is C26H20F3N9O. The second-order valence-corrected chi connectivity index (χ2v) is 9.41. The lowest BCUT2D eigenvalue weighted by atomic mass is 9.98. The number of alkyl halides is 3. The standard InChI is InChI=1S/C26H20F3N9O/c1-35-9-7-18(33-35)15-5-6-21-17(12-32-37(21)13-15)25(39)36-10-8-19-23(31-14-30-19)24(36)20-11-16-3-2-4-22(26(27,28)29)38(16)34-20/h2-7,9,11-14,24H,8,10H2,1H3,(H,30,31)/t24-/m1/s1. The van der Waals surface area contributed by atoms with Gasteiger partial charge < -0.3 is 9.88 Å². The molecule has 0 bridgehead atoms. The number of pyridine rings is 2. The van der Waals surface area contributed by atoms with Gasteiger partial charge in [0.05, 0.1) is 46.2 Å². The first kappa shape index (κ1) is 23.2.